The summed E-state index contributed by atoms with van der Waals surface area (Å²) in [6.07, 6.45) is 4.05. The van der Waals surface area contributed by atoms with E-state index < -0.39 is 0 Å². The molecule has 1 aliphatic rings. The van der Waals surface area contributed by atoms with Crippen LogP contribution in [-0.2, 0) is 0 Å². The fourth-order valence-corrected chi connectivity index (χ4v) is 2.88. The van der Waals surface area contributed by atoms with Gasteiger partial charge in [-0.2, -0.15) is 0 Å². The van der Waals surface area contributed by atoms with Crippen LogP contribution in [0.1, 0.15) is 23.2 Å². The molecule has 0 bridgehead atoms. The number of nitrogens with one attached hydrogen (secondary N) is 1. The Morgan fingerprint density at radius 2 is 2.04 bits per heavy atom. The summed E-state index contributed by atoms with van der Waals surface area (Å²) in [6, 6.07) is 8.69. The number of carbonyl (C=O) groups is 1. The van der Waals surface area contributed by atoms with Gasteiger partial charge in [0.05, 0.1) is 25.6 Å². The number of benzene rings is 1. The van der Waals surface area contributed by atoms with Crippen molar-refractivity contribution in [3.8, 4) is 11.5 Å². The Labute approximate surface area is 152 Å². The SMILES string of the molecule is COc1ccc(C(=O)Nc2ccc(N3CCCC3)nc2)cc1OCCO. The van der Waals surface area contributed by atoms with E-state index in [1.54, 1.807) is 24.4 Å². The number of amides is 1. The van der Waals surface area contributed by atoms with E-state index in [4.69, 9.17) is 14.6 Å². The van der Waals surface area contributed by atoms with Crippen molar-refractivity contribution in [1.82, 2.24) is 4.98 Å². The van der Waals surface area contributed by atoms with Gasteiger partial charge in [-0.15, -0.1) is 0 Å². The van der Waals surface area contributed by atoms with Gasteiger partial charge in [-0.25, -0.2) is 4.98 Å². The van der Waals surface area contributed by atoms with Crippen LogP contribution >= 0.6 is 0 Å². The summed E-state index contributed by atoms with van der Waals surface area (Å²) in [5, 5.41) is 11.7. The van der Waals surface area contributed by atoms with Crippen LogP contribution in [0.4, 0.5) is 11.5 Å². The molecule has 2 N–H and O–H groups in total. The summed E-state index contributed by atoms with van der Waals surface area (Å²) in [6.45, 7) is 2.07. The maximum Gasteiger partial charge on any atom is 0.255 e. The molecule has 1 aromatic heterocycles. The Morgan fingerprint density at radius 3 is 2.69 bits per heavy atom. The predicted octanol–water partition coefficient (Wildman–Crippen LogP) is 2.31. The number of aliphatic hydroxyl groups is 1. The molecule has 0 aliphatic carbocycles. The number of hydrogen-bond donors (Lipinski definition) is 2. The van der Waals surface area contributed by atoms with Crippen molar-refractivity contribution in [3.05, 3.63) is 42.1 Å². The van der Waals surface area contributed by atoms with E-state index in [2.05, 4.69) is 15.2 Å². The Hall–Kier alpha value is -2.80. The summed E-state index contributed by atoms with van der Waals surface area (Å²) in [7, 11) is 1.52. The normalized spacial score (nSPS) is 13.5. The quantitative estimate of drug-likeness (QED) is 0.791. The molecular formula is C19H23N3O4. The second kappa shape index (κ2) is 8.53. The second-order valence-corrected chi connectivity index (χ2v) is 5.99. The minimum absolute atomic E-state index is 0.116. The number of hydrogen-bond acceptors (Lipinski definition) is 6. The topological polar surface area (TPSA) is 83.9 Å². The van der Waals surface area contributed by atoms with E-state index in [1.807, 2.05) is 12.1 Å². The maximum absolute atomic E-state index is 12.5. The van der Waals surface area contributed by atoms with E-state index in [0.29, 0.717) is 22.7 Å². The predicted molar refractivity (Wildman–Crippen MR) is 99.2 cm³/mol. The van der Waals surface area contributed by atoms with E-state index >= 15 is 0 Å². The van der Waals surface area contributed by atoms with Gasteiger partial charge in [-0.1, -0.05) is 0 Å². The molecule has 7 heteroatoms. The number of anilines is 2. The van der Waals surface area contributed by atoms with Gasteiger partial charge in [0.15, 0.2) is 11.5 Å². The van der Waals surface area contributed by atoms with Crippen LogP contribution in [0.3, 0.4) is 0 Å². The number of methoxy groups -OCH3 is 1. The summed E-state index contributed by atoms with van der Waals surface area (Å²) >= 11 is 0. The number of pyridine rings is 1. The molecule has 0 saturated carbocycles. The largest absolute Gasteiger partial charge is 0.493 e. The highest BCUT2D eigenvalue weighted by Gasteiger charge is 2.14. The molecule has 2 heterocycles. The van der Waals surface area contributed by atoms with Crippen molar-refractivity contribution in [2.45, 2.75) is 12.8 Å². The number of aromatic nitrogens is 1. The Kier molecular flexibility index (Phi) is 5.91. The average Bonchev–Trinajstić information content (AvgIpc) is 3.21. The van der Waals surface area contributed by atoms with E-state index in [9.17, 15) is 4.79 Å². The standard InChI is InChI=1S/C19H23N3O4/c1-25-16-6-4-14(12-17(16)26-11-10-23)19(24)21-15-5-7-18(20-13-15)22-8-2-3-9-22/h4-7,12-13,23H,2-3,8-11H2,1H3,(H,21,24). The lowest BCUT2D eigenvalue weighted by molar-refractivity contribution is 0.102. The summed E-state index contributed by atoms with van der Waals surface area (Å²) < 4.78 is 10.6. The third-order valence-corrected chi connectivity index (χ3v) is 4.21. The number of ether oxygens (including phenoxy) is 2. The van der Waals surface area contributed by atoms with Gasteiger partial charge in [-0.05, 0) is 43.2 Å². The van der Waals surface area contributed by atoms with Crippen LogP contribution in [-0.4, -0.2) is 49.4 Å². The third-order valence-electron chi connectivity index (χ3n) is 4.21. The molecule has 1 amide bonds. The molecule has 2 aromatic rings. The van der Waals surface area contributed by atoms with Crippen molar-refractivity contribution < 1.29 is 19.4 Å². The van der Waals surface area contributed by atoms with Gasteiger partial charge in [0.2, 0.25) is 0 Å². The van der Waals surface area contributed by atoms with E-state index in [1.165, 1.54) is 20.0 Å². The lowest BCUT2D eigenvalue weighted by Crippen LogP contribution is -2.19. The van der Waals surface area contributed by atoms with Crippen LogP contribution in [0.5, 0.6) is 11.5 Å². The van der Waals surface area contributed by atoms with Crippen LogP contribution < -0.4 is 19.7 Å². The fraction of sp³-hybridized carbons (Fsp3) is 0.368. The first-order chi connectivity index (χ1) is 12.7. The van der Waals surface area contributed by atoms with Gasteiger partial charge in [0.1, 0.15) is 12.4 Å². The Balaban J connectivity index is 1.69. The zero-order valence-corrected chi connectivity index (χ0v) is 14.8. The monoisotopic (exact) mass is 357 g/mol. The maximum atomic E-state index is 12.5. The second-order valence-electron chi connectivity index (χ2n) is 5.99. The highest BCUT2D eigenvalue weighted by Crippen LogP contribution is 2.28. The van der Waals surface area contributed by atoms with Crippen LogP contribution in [0, 0.1) is 0 Å². The minimum atomic E-state index is -0.266. The van der Waals surface area contributed by atoms with Gasteiger partial charge in [0.25, 0.3) is 5.91 Å². The van der Waals surface area contributed by atoms with Gasteiger partial charge in [-0.3, -0.25) is 4.79 Å². The van der Waals surface area contributed by atoms with Crippen molar-refractivity contribution in [2.24, 2.45) is 0 Å². The fourth-order valence-electron chi connectivity index (χ4n) is 2.88. The minimum Gasteiger partial charge on any atom is -0.493 e. The molecule has 1 aliphatic heterocycles. The molecule has 26 heavy (non-hydrogen) atoms. The van der Waals surface area contributed by atoms with Crippen molar-refractivity contribution in [3.63, 3.8) is 0 Å². The molecule has 0 atom stereocenters. The van der Waals surface area contributed by atoms with Crippen LogP contribution in [0.25, 0.3) is 0 Å². The van der Waals surface area contributed by atoms with Crippen LogP contribution in [0.2, 0.25) is 0 Å². The lowest BCUT2D eigenvalue weighted by Gasteiger charge is -2.16. The van der Waals surface area contributed by atoms with Gasteiger partial charge < -0.3 is 24.8 Å². The summed E-state index contributed by atoms with van der Waals surface area (Å²) in [5.74, 6) is 1.59. The molecule has 0 spiro atoms. The molecule has 0 unspecified atom stereocenters. The Morgan fingerprint density at radius 1 is 1.23 bits per heavy atom. The number of aliphatic hydroxyl groups excluding tert-OH is 1. The first kappa shape index (κ1) is 18.0. The highest BCUT2D eigenvalue weighted by atomic mass is 16.5. The first-order valence-corrected chi connectivity index (χ1v) is 8.65. The van der Waals surface area contributed by atoms with E-state index in [-0.39, 0.29) is 19.1 Å². The number of carbonyl (C=O) groups excluding carboxylic acids is 1. The molecule has 1 saturated heterocycles. The smallest absolute Gasteiger partial charge is 0.255 e. The van der Waals surface area contributed by atoms with Gasteiger partial charge in [0, 0.05) is 18.7 Å². The number of nitrogens with zero attached hydrogens (tertiary/aromatic N) is 2. The molecule has 7 nitrogen and oxygen atoms in total. The number of rotatable bonds is 7. The molecular weight excluding hydrogens is 334 g/mol. The summed E-state index contributed by atoms with van der Waals surface area (Å²) in [5.41, 5.74) is 1.06. The summed E-state index contributed by atoms with van der Waals surface area (Å²) in [4.78, 5) is 19.2. The zero-order chi connectivity index (χ0) is 18.4. The van der Waals surface area contributed by atoms with Crippen molar-refractivity contribution in [1.29, 1.82) is 0 Å². The third kappa shape index (κ3) is 4.23. The van der Waals surface area contributed by atoms with Crippen LogP contribution in [0.15, 0.2) is 36.5 Å². The van der Waals surface area contributed by atoms with Crippen molar-refractivity contribution in [2.75, 3.05) is 43.6 Å². The molecule has 1 aromatic carbocycles. The first-order valence-electron chi connectivity index (χ1n) is 8.65. The molecule has 0 radical (unpaired) electrons. The lowest BCUT2D eigenvalue weighted by atomic mass is 10.2. The van der Waals surface area contributed by atoms with E-state index in [0.717, 1.165) is 18.9 Å². The Bertz CT molecular complexity index is 743. The van der Waals surface area contributed by atoms with Gasteiger partial charge >= 0.3 is 0 Å². The van der Waals surface area contributed by atoms with Crippen molar-refractivity contribution >= 4 is 17.4 Å². The molecule has 138 valence electrons. The highest BCUT2D eigenvalue weighted by molar-refractivity contribution is 6.04. The molecule has 3 rings (SSSR count). The average molecular weight is 357 g/mol. The molecule has 1 fully saturated rings. The zero-order valence-electron chi connectivity index (χ0n) is 14.8.